The fourth-order valence-electron chi connectivity index (χ4n) is 1.04. The highest BCUT2D eigenvalue weighted by molar-refractivity contribution is 5.56. The molecule has 0 saturated heterocycles. The molecule has 1 heterocycles. The van der Waals surface area contributed by atoms with Gasteiger partial charge in [0, 0.05) is 6.07 Å². The number of rotatable bonds is 1. The molecule has 0 amide bonds. The van der Waals surface area contributed by atoms with Gasteiger partial charge < -0.3 is 4.42 Å². The molecule has 0 aliphatic rings. The second kappa shape index (κ2) is 2.97. The maximum Gasteiger partial charge on any atom is 0.181 e. The lowest BCUT2D eigenvalue weighted by molar-refractivity contribution is 0.554. The predicted molar refractivity (Wildman–Crippen MR) is 41.9 cm³/mol. The second-order valence-corrected chi connectivity index (χ2v) is 2.49. The number of oxazole rings is 1. The zero-order valence-corrected chi connectivity index (χ0v) is 6.50. The minimum absolute atomic E-state index is 0.207. The van der Waals surface area contributed by atoms with Crippen LogP contribution in [-0.2, 0) is 0 Å². The Bertz CT molecular complexity index is 412. The summed E-state index contributed by atoms with van der Waals surface area (Å²) < 4.78 is 30.5. The molecule has 66 valence electrons. The fourth-order valence-corrected chi connectivity index (χ4v) is 1.04. The van der Waals surface area contributed by atoms with Gasteiger partial charge >= 0.3 is 0 Å². The third-order valence-corrected chi connectivity index (χ3v) is 1.63. The Morgan fingerprint density at radius 3 is 2.69 bits per heavy atom. The van der Waals surface area contributed by atoms with Crippen LogP contribution in [0.25, 0.3) is 11.3 Å². The van der Waals surface area contributed by atoms with Gasteiger partial charge in [0.1, 0.15) is 11.6 Å². The third kappa shape index (κ3) is 1.42. The molecule has 2 rings (SSSR count). The molecule has 0 unspecified atom stereocenters. The van der Waals surface area contributed by atoms with Crippen molar-refractivity contribution in [1.29, 1.82) is 0 Å². The number of benzene rings is 1. The summed E-state index contributed by atoms with van der Waals surface area (Å²) in [6.07, 6.45) is 2.56. The van der Waals surface area contributed by atoms with Gasteiger partial charge in [-0.1, -0.05) is 0 Å². The van der Waals surface area contributed by atoms with Crippen molar-refractivity contribution in [1.82, 2.24) is 4.98 Å². The summed E-state index contributed by atoms with van der Waals surface area (Å²) in [5.41, 5.74) is 0.207. The summed E-state index contributed by atoms with van der Waals surface area (Å²) >= 11 is 0. The molecule has 0 N–H and O–H groups in total. The molecule has 0 bridgehead atoms. The maximum absolute atomic E-state index is 13.1. The van der Waals surface area contributed by atoms with Crippen molar-refractivity contribution in [3.05, 3.63) is 42.4 Å². The van der Waals surface area contributed by atoms with Gasteiger partial charge in [-0.25, -0.2) is 13.8 Å². The predicted octanol–water partition coefficient (Wildman–Crippen LogP) is 2.62. The first-order valence-electron chi connectivity index (χ1n) is 3.61. The summed E-state index contributed by atoms with van der Waals surface area (Å²) in [5, 5.41) is 0. The van der Waals surface area contributed by atoms with Crippen molar-refractivity contribution in [2.75, 3.05) is 0 Å². The lowest BCUT2D eigenvalue weighted by Crippen LogP contribution is -1.83. The van der Waals surface area contributed by atoms with E-state index in [0.717, 1.165) is 6.07 Å². The van der Waals surface area contributed by atoms with Gasteiger partial charge in [-0.15, -0.1) is 0 Å². The summed E-state index contributed by atoms with van der Waals surface area (Å²) in [7, 11) is 0. The Kier molecular flexibility index (Phi) is 1.81. The fraction of sp³-hybridized carbons (Fsp3) is 0. The first-order chi connectivity index (χ1) is 6.27. The smallest absolute Gasteiger partial charge is 0.181 e. The van der Waals surface area contributed by atoms with E-state index in [2.05, 4.69) is 4.98 Å². The minimum Gasteiger partial charge on any atom is -0.443 e. The highest BCUT2D eigenvalue weighted by atomic mass is 19.1. The monoisotopic (exact) mass is 181 g/mol. The lowest BCUT2D eigenvalue weighted by atomic mass is 10.2. The van der Waals surface area contributed by atoms with Crippen LogP contribution in [0.3, 0.4) is 0 Å². The number of nitrogens with zero attached hydrogens (tertiary/aromatic N) is 1. The van der Waals surface area contributed by atoms with Crippen molar-refractivity contribution in [2.45, 2.75) is 0 Å². The number of hydrogen-bond acceptors (Lipinski definition) is 2. The van der Waals surface area contributed by atoms with E-state index in [4.69, 9.17) is 4.42 Å². The average molecular weight is 181 g/mol. The van der Waals surface area contributed by atoms with Crippen molar-refractivity contribution in [2.24, 2.45) is 0 Å². The van der Waals surface area contributed by atoms with Crippen LogP contribution in [0.2, 0.25) is 0 Å². The second-order valence-electron chi connectivity index (χ2n) is 2.49. The molecule has 2 nitrogen and oxygen atoms in total. The van der Waals surface area contributed by atoms with Crippen LogP contribution >= 0.6 is 0 Å². The van der Waals surface area contributed by atoms with Gasteiger partial charge in [0.2, 0.25) is 0 Å². The van der Waals surface area contributed by atoms with Crippen LogP contribution in [0.1, 0.15) is 0 Å². The third-order valence-electron chi connectivity index (χ3n) is 1.63. The summed E-state index contributed by atoms with van der Waals surface area (Å²) in [5.74, 6) is -0.977. The van der Waals surface area contributed by atoms with Crippen LogP contribution < -0.4 is 0 Å². The molecule has 0 spiro atoms. The molecular formula is C9H5F2NO. The molecule has 2 aromatic rings. The van der Waals surface area contributed by atoms with E-state index in [-0.39, 0.29) is 11.3 Å². The SMILES string of the molecule is Fc1ccc(-c2cnco2)c(F)c1. The quantitative estimate of drug-likeness (QED) is 0.675. The van der Waals surface area contributed by atoms with Crippen LogP contribution in [0, 0.1) is 11.6 Å². The largest absolute Gasteiger partial charge is 0.443 e. The van der Waals surface area contributed by atoms with E-state index in [1.165, 1.54) is 24.7 Å². The topological polar surface area (TPSA) is 26.0 Å². The van der Waals surface area contributed by atoms with Crippen molar-refractivity contribution in [3.8, 4) is 11.3 Å². The maximum atomic E-state index is 13.1. The van der Waals surface area contributed by atoms with Gasteiger partial charge in [0.25, 0.3) is 0 Å². The molecule has 0 aliphatic heterocycles. The van der Waals surface area contributed by atoms with Crippen molar-refractivity contribution >= 4 is 0 Å². The normalized spacial score (nSPS) is 10.3. The molecule has 0 aliphatic carbocycles. The van der Waals surface area contributed by atoms with Crippen LogP contribution in [0.15, 0.2) is 35.2 Å². The molecule has 0 radical (unpaired) electrons. The summed E-state index contributed by atoms with van der Waals surface area (Å²) in [6.45, 7) is 0. The first kappa shape index (κ1) is 7.91. The van der Waals surface area contributed by atoms with Gasteiger partial charge in [-0.3, -0.25) is 0 Å². The van der Waals surface area contributed by atoms with E-state index in [9.17, 15) is 8.78 Å². The average Bonchev–Trinajstić information content (AvgIpc) is 2.56. The standard InChI is InChI=1S/C9H5F2NO/c10-6-1-2-7(8(11)3-6)9-4-12-5-13-9/h1-5H. The minimum atomic E-state index is -0.656. The van der Waals surface area contributed by atoms with E-state index in [0.29, 0.717) is 0 Å². The molecule has 1 aromatic heterocycles. The summed E-state index contributed by atoms with van der Waals surface area (Å²) in [6, 6.07) is 3.28. The number of aromatic nitrogens is 1. The zero-order valence-electron chi connectivity index (χ0n) is 6.50. The van der Waals surface area contributed by atoms with E-state index in [1.54, 1.807) is 0 Å². The van der Waals surface area contributed by atoms with Crippen molar-refractivity contribution in [3.63, 3.8) is 0 Å². The first-order valence-corrected chi connectivity index (χ1v) is 3.61. The Morgan fingerprint density at radius 1 is 1.23 bits per heavy atom. The molecule has 0 atom stereocenters. The van der Waals surface area contributed by atoms with E-state index in [1.807, 2.05) is 0 Å². The van der Waals surface area contributed by atoms with Crippen LogP contribution in [-0.4, -0.2) is 4.98 Å². The lowest BCUT2D eigenvalue weighted by Gasteiger charge is -1.97. The van der Waals surface area contributed by atoms with Gasteiger partial charge in [-0.05, 0) is 12.1 Å². The van der Waals surface area contributed by atoms with Gasteiger partial charge in [0.05, 0.1) is 11.8 Å². The molecule has 13 heavy (non-hydrogen) atoms. The number of halogens is 2. The van der Waals surface area contributed by atoms with E-state index < -0.39 is 11.6 Å². The Labute approximate surface area is 72.8 Å². The molecule has 0 saturated carbocycles. The Balaban J connectivity index is 2.53. The highest BCUT2D eigenvalue weighted by Gasteiger charge is 2.08. The molecular weight excluding hydrogens is 176 g/mol. The Morgan fingerprint density at radius 2 is 2.08 bits per heavy atom. The summed E-state index contributed by atoms with van der Waals surface area (Å²) in [4.78, 5) is 3.64. The van der Waals surface area contributed by atoms with E-state index >= 15 is 0 Å². The van der Waals surface area contributed by atoms with Gasteiger partial charge in [0.15, 0.2) is 12.2 Å². The number of hydrogen-bond donors (Lipinski definition) is 0. The van der Waals surface area contributed by atoms with Gasteiger partial charge in [-0.2, -0.15) is 0 Å². The van der Waals surface area contributed by atoms with Crippen LogP contribution in [0.5, 0.6) is 0 Å². The highest BCUT2D eigenvalue weighted by Crippen LogP contribution is 2.22. The molecule has 0 fully saturated rings. The Hall–Kier alpha value is -1.71. The van der Waals surface area contributed by atoms with Crippen molar-refractivity contribution < 1.29 is 13.2 Å². The zero-order chi connectivity index (χ0) is 9.26. The molecule has 1 aromatic carbocycles. The van der Waals surface area contributed by atoms with Crippen LogP contribution in [0.4, 0.5) is 8.78 Å². The molecule has 4 heteroatoms.